The molecule has 1 saturated heterocycles. The number of carbonyl (C=O) groups is 2. The molecular weight excluding hydrogens is 490 g/mol. The fraction of sp³-hybridized carbons (Fsp3) is 0.333. The molecule has 198 valence electrons. The number of carbonyl (C=O) groups excluding carboxylic acids is 2. The van der Waals surface area contributed by atoms with Crippen molar-refractivity contribution in [3.8, 4) is 11.1 Å². The van der Waals surface area contributed by atoms with E-state index >= 15 is 0 Å². The number of piperazine rings is 1. The number of aromatic amines is 1. The zero-order chi connectivity index (χ0) is 26.4. The van der Waals surface area contributed by atoms with Gasteiger partial charge in [0.15, 0.2) is 0 Å². The van der Waals surface area contributed by atoms with E-state index in [9.17, 15) is 9.59 Å². The van der Waals surface area contributed by atoms with Crippen LogP contribution >= 0.6 is 0 Å². The van der Waals surface area contributed by atoms with Crippen LogP contribution in [0.2, 0.25) is 0 Å². The molecule has 2 fully saturated rings. The molecule has 5 heterocycles. The van der Waals surface area contributed by atoms with Gasteiger partial charge in [0.25, 0.3) is 11.8 Å². The Morgan fingerprint density at radius 3 is 2.67 bits per heavy atom. The topological polar surface area (TPSA) is 115 Å². The van der Waals surface area contributed by atoms with Gasteiger partial charge in [0.2, 0.25) is 0 Å². The number of anilines is 2. The molecule has 4 aromatic rings. The summed E-state index contributed by atoms with van der Waals surface area (Å²) in [5.74, 6) is 0.639. The highest BCUT2D eigenvalue weighted by molar-refractivity contribution is 6.06. The molecule has 3 aliphatic rings. The summed E-state index contributed by atoms with van der Waals surface area (Å²) >= 11 is 0. The van der Waals surface area contributed by atoms with Crippen molar-refractivity contribution in [2.75, 3.05) is 36.4 Å². The van der Waals surface area contributed by atoms with Gasteiger partial charge in [-0.15, -0.1) is 0 Å². The van der Waals surface area contributed by atoms with E-state index in [2.05, 4.69) is 41.9 Å². The summed E-state index contributed by atoms with van der Waals surface area (Å²) in [7, 11) is 0. The van der Waals surface area contributed by atoms with E-state index in [4.69, 9.17) is 0 Å². The molecule has 0 bridgehead atoms. The van der Waals surface area contributed by atoms with Gasteiger partial charge in [-0.25, -0.2) is 9.97 Å². The van der Waals surface area contributed by atoms with Gasteiger partial charge in [0.1, 0.15) is 11.5 Å². The zero-order valence-corrected chi connectivity index (χ0v) is 21.7. The van der Waals surface area contributed by atoms with Crippen molar-refractivity contribution >= 4 is 34.4 Å². The Labute approximate surface area is 226 Å². The van der Waals surface area contributed by atoms with E-state index in [-0.39, 0.29) is 17.4 Å². The Balaban J connectivity index is 1.18. The quantitative estimate of drug-likeness (QED) is 0.320. The van der Waals surface area contributed by atoms with Gasteiger partial charge in [-0.2, -0.15) is 0 Å². The minimum Gasteiger partial charge on any atom is -0.354 e. The number of hydrogen-bond acceptors (Lipinski definition) is 6. The summed E-state index contributed by atoms with van der Waals surface area (Å²) in [6, 6.07) is 11.6. The summed E-state index contributed by atoms with van der Waals surface area (Å²) in [4.78, 5) is 40.4. The lowest BCUT2D eigenvalue weighted by Gasteiger charge is -2.34. The van der Waals surface area contributed by atoms with Gasteiger partial charge in [-0.05, 0) is 54.3 Å². The first kappa shape index (κ1) is 23.8. The first-order chi connectivity index (χ1) is 19.1. The molecule has 1 spiro atoms. The second kappa shape index (κ2) is 9.50. The van der Waals surface area contributed by atoms with Gasteiger partial charge in [-0.3, -0.25) is 9.59 Å². The molecule has 0 unspecified atom stereocenters. The van der Waals surface area contributed by atoms with Crippen LogP contribution in [0, 0.1) is 0 Å². The van der Waals surface area contributed by atoms with Crippen molar-refractivity contribution in [2.45, 2.75) is 37.6 Å². The second-order valence-electron chi connectivity index (χ2n) is 10.8. The van der Waals surface area contributed by atoms with Gasteiger partial charge in [0.05, 0.1) is 17.4 Å². The van der Waals surface area contributed by atoms with Crippen LogP contribution in [0.15, 0.2) is 55.0 Å². The fourth-order valence-corrected chi connectivity index (χ4v) is 6.35. The molecule has 2 aliphatic heterocycles. The van der Waals surface area contributed by atoms with Gasteiger partial charge in [-0.1, -0.05) is 25.3 Å². The van der Waals surface area contributed by atoms with Crippen molar-refractivity contribution in [1.29, 1.82) is 0 Å². The molecule has 7 rings (SSSR count). The predicted octanol–water partition coefficient (Wildman–Crippen LogP) is 4.19. The average Bonchev–Trinajstić information content (AvgIpc) is 3.52. The smallest absolute Gasteiger partial charge is 0.255 e. The number of rotatable bonds is 4. The Morgan fingerprint density at radius 1 is 0.974 bits per heavy atom. The van der Waals surface area contributed by atoms with Crippen molar-refractivity contribution in [3.05, 3.63) is 71.7 Å². The number of nitrogens with zero attached hydrogens (tertiary/aromatic N) is 3. The third kappa shape index (κ3) is 4.23. The van der Waals surface area contributed by atoms with E-state index in [1.54, 1.807) is 18.5 Å². The molecule has 0 radical (unpaired) electrons. The third-order valence-electron chi connectivity index (χ3n) is 8.39. The van der Waals surface area contributed by atoms with Crippen molar-refractivity contribution in [2.24, 2.45) is 0 Å². The van der Waals surface area contributed by atoms with Gasteiger partial charge in [0, 0.05) is 60.6 Å². The number of benzene rings is 1. The Morgan fingerprint density at radius 2 is 1.82 bits per heavy atom. The Hall–Kier alpha value is -4.24. The number of fused-ring (bicyclic) bond motifs is 3. The monoisotopic (exact) mass is 521 g/mol. The number of aromatic nitrogens is 3. The molecule has 1 saturated carbocycles. The summed E-state index contributed by atoms with van der Waals surface area (Å²) < 4.78 is 0. The standard InChI is InChI=1S/C30H31N7O2/c38-28(20-6-9-32-26(15-20)37-12-10-31-11-13-37)35-21-16-23-24(18-34-27(23)33-17-21)19-4-5-22-25(14-19)30(36-29(22)39)7-2-1-3-8-30/h4-6,9,14-18,31H,1-3,7-8,10-13H2,(H,33,34)(H,35,38)(H,36,39). The van der Waals surface area contributed by atoms with Crippen LogP contribution in [0.5, 0.6) is 0 Å². The van der Waals surface area contributed by atoms with Gasteiger partial charge >= 0.3 is 0 Å². The van der Waals surface area contributed by atoms with Crippen molar-refractivity contribution < 1.29 is 9.59 Å². The van der Waals surface area contributed by atoms with Crippen LogP contribution in [0.3, 0.4) is 0 Å². The number of amides is 2. The van der Waals surface area contributed by atoms with Crippen LogP contribution in [0.4, 0.5) is 11.5 Å². The molecule has 4 N–H and O–H groups in total. The first-order valence-electron chi connectivity index (χ1n) is 13.8. The maximum absolute atomic E-state index is 13.2. The number of pyridine rings is 2. The molecule has 1 aromatic carbocycles. The lowest BCUT2D eigenvalue weighted by molar-refractivity contribution is 0.0909. The first-order valence-corrected chi connectivity index (χ1v) is 13.8. The molecule has 9 heteroatoms. The van der Waals surface area contributed by atoms with Crippen LogP contribution < -0.4 is 20.9 Å². The van der Waals surface area contributed by atoms with Crippen LogP contribution in [-0.2, 0) is 5.54 Å². The Bertz CT molecular complexity index is 1580. The molecule has 0 atom stereocenters. The van der Waals surface area contributed by atoms with Crippen LogP contribution in [-0.4, -0.2) is 52.9 Å². The summed E-state index contributed by atoms with van der Waals surface area (Å²) in [5.41, 5.74) is 5.58. The normalized spacial score (nSPS) is 18.3. The maximum Gasteiger partial charge on any atom is 0.255 e. The molecule has 9 nitrogen and oxygen atoms in total. The van der Waals surface area contributed by atoms with E-state index in [0.717, 1.165) is 91.0 Å². The zero-order valence-electron chi connectivity index (χ0n) is 21.7. The lowest BCUT2D eigenvalue weighted by Crippen LogP contribution is -2.43. The highest BCUT2D eigenvalue weighted by atomic mass is 16.2. The number of hydrogen-bond donors (Lipinski definition) is 4. The number of H-pyrrole nitrogens is 1. The third-order valence-corrected chi connectivity index (χ3v) is 8.39. The largest absolute Gasteiger partial charge is 0.354 e. The van der Waals surface area contributed by atoms with Crippen LogP contribution in [0.25, 0.3) is 22.2 Å². The summed E-state index contributed by atoms with van der Waals surface area (Å²) in [6.07, 6.45) is 10.7. The van der Waals surface area contributed by atoms with E-state index < -0.39 is 0 Å². The predicted molar refractivity (Wildman–Crippen MR) is 151 cm³/mol. The van der Waals surface area contributed by atoms with Crippen LogP contribution in [0.1, 0.15) is 58.4 Å². The lowest BCUT2D eigenvalue weighted by atomic mass is 9.77. The van der Waals surface area contributed by atoms with Crippen molar-refractivity contribution in [1.82, 2.24) is 25.6 Å². The van der Waals surface area contributed by atoms with E-state index in [1.165, 1.54) is 6.42 Å². The van der Waals surface area contributed by atoms with E-state index in [0.29, 0.717) is 11.3 Å². The maximum atomic E-state index is 13.2. The van der Waals surface area contributed by atoms with Gasteiger partial charge < -0.3 is 25.8 Å². The van der Waals surface area contributed by atoms with Crippen molar-refractivity contribution in [3.63, 3.8) is 0 Å². The minimum atomic E-state index is -0.252. The summed E-state index contributed by atoms with van der Waals surface area (Å²) in [6.45, 7) is 3.54. The summed E-state index contributed by atoms with van der Waals surface area (Å²) in [5, 5.41) is 10.6. The SMILES string of the molecule is O=C(Nc1cnc2[nH]cc(-c3ccc4c(c3)C3(CCCCC3)NC4=O)c2c1)c1ccnc(N2CCNCC2)c1. The fourth-order valence-electron chi connectivity index (χ4n) is 6.35. The number of nitrogens with one attached hydrogen (secondary N) is 4. The van der Waals surface area contributed by atoms with E-state index in [1.807, 2.05) is 30.5 Å². The minimum absolute atomic E-state index is 0.0280. The highest BCUT2D eigenvalue weighted by Crippen LogP contribution is 2.44. The molecule has 2 amide bonds. The molecule has 1 aliphatic carbocycles. The highest BCUT2D eigenvalue weighted by Gasteiger charge is 2.43. The second-order valence-corrected chi connectivity index (χ2v) is 10.8. The molecule has 39 heavy (non-hydrogen) atoms. The average molecular weight is 522 g/mol. The Kier molecular flexibility index (Phi) is 5.81. The molecular formula is C30H31N7O2. The molecule has 3 aromatic heterocycles.